The predicted molar refractivity (Wildman–Crippen MR) is 128 cm³/mol. The Bertz CT molecular complexity index is 830. The van der Waals surface area contributed by atoms with Crippen molar-refractivity contribution in [1.29, 1.82) is 0 Å². The zero-order valence-electron chi connectivity index (χ0n) is 19.2. The van der Waals surface area contributed by atoms with Gasteiger partial charge in [0.05, 0.1) is 13.7 Å². The summed E-state index contributed by atoms with van der Waals surface area (Å²) in [5.41, 5.74) is 3.85. The third-order valence-corrected chi connectivity index (χ3v) is 5.77. The van der Waals surface area contributed by atoms with E-state index in [9.17, 15) is 0 Å². The molecule has 2 aromatic carbocycles. The molecule has 2 aromatic rings. The van der Waals surface area contributed by atoms with E-state index in [0.29, 0.717) is 6.54 Å². The first-order chi connectivity index (χ1) is 15.2. The number of nitrogens with zero attached hydrogens (tertiary/aromatic N) is 3. The van der Waals surface area contributed by atoms with Crippen LogP contribution in [0.5, 0.6) is 5.75 Å². The summed E-state index contributed by atoms with van der Waals surface area (Å²) in [5, 5.41) is 6.87. The predicted octanol–water partition coefficient (Wildman–Crippen LogP) is 3.09. The van der Waals surface area contributed by atoms with Crippen molar-refractivity contribution < 1.29 is 4.74 Å². The molecular weight excluding hydrogens is 386 g/mol. The van der Waals surface area contributed by atoms with E-state index in [0.717, 1.165) is 56.5 Å². The smallest absolute Gasteiger partial charge is 0.191 e. The summed E-state index contributed by atoms with van der Waals surface area (Å²) in [4.78, 5) is 9.84. The number of hydrogen-bond donors (Lipinski definition) is 2. The number of hydrogen-bond acceptors (Lipinski definition) is 4. The Hall–Kier alpha value is -2.57. The monoisotopic (exact) mass is 423 g/mol. The summed E-state index contributed by atoms with van der Waals surface area (Å²) >= 11 is 0. The maximum Gasteiger partial charge on any atom is 0.191 e. The van der Waals surface area contributed by atoms with Crippen LogP contribution in [-0.2, 0) is 19.6 Å². The number of methoxy groups -OCH3 is 1. The Morgan fingerprint density at radius 3 is 2.39 bits per heavy atom. The minimum atomic E-state index is 0.607. The third kappa shape index (κ3) is 7.26. The molecule has 0 saturated carbocycles. The molecule has 0 aliphatic carbocycles. The molecule has 2 N–H and O–H groups in total. The molecule has 1 saturated heterocycles. The highest BCUT2D eigenvalue weighted by Crippen LogP contribution is 2.15. The van der Waals surface area contributed by atoms with Gasteiger partial charge in [0.15, 0.2) is 5.96 Å². The van der Waals surface area contributed by atoms with Crippen LogP contribution in [-0.4, -0.2) is 62.1 Å². The van der Waals surface area contributed by atoms with Crippen LogP contribution in [0.4, 0.5) is 0 Å². The van der Waals surface area contributed by atoms with E-state index in [2.05, 4.69) is 64.6 Å². The molecule has 0 spiro atoms. The minimum Gasteiger partial charge on any atom is -0.497 e. The fourth-order valence-corrected chi connectivity index (χ4v) is 3.85. The lowest BCUT2D eigenvalue weighted by Gasteiger charge is -2.34. The lowest BCUT2D eigenvalue weighted by atomic mass is 10.1. The van der Waals surface area contributed by atoms with Crippen molar-refractivity contribution in [3.63, 3.8) is 0 Å². The van der Waals surface area contributed by atoms with Crippen LogP contribution in [0, 0.1) is 0 Å². The molecule has 0 amide bonds. The molecule has 3 rings (SSSR count). The van der Waals surface area contributed by atoms with Gasteiger partial charge in [-0.3, -0.25) is 4.90 Å². The van der Waals surface area contributed by atoms with Crippen LogP contribution in [0.2, 0.25) is 0 Å². The van der Waals surface area contributed by atoms with Crippen molar-refractivity contribution in [2.24, 2.45) is 4.99 Å². The normalized spacial score (nSPS) is 15.6. The first-order valence-electron chi connectivity index (χ1n) is 11.4. The molecule has 6 heteroatoms. The maximum absolute atomic E-state index is 5.32. The number of piperazine rings is 1. The number of rotatable bonds is 9. The molecule has 1 aliphatic heterocycles. The number of aliphatic imine (C=N–C) groups is 1. The van der Waals surface area contributed by atoms with Crippen molar-refractivity contribution in [2.45, 2.75) is 33.5 Å². The summed E-state index contributed by atoms with van der Waals surface area (Å²) in [6.07, 6.45) is 0. The van der Waals surface area contributed by atoms with Crippen LogP contribution in [0.25, 0.3) is 0 Å². The van der Waals surface area contributed by atoms with Crippen LogP contribution in [0.1, 0.15) is 30.5 Å². The number of guanidine groups is 1. The van der Waals surface area contributed by atoms with E-state index in [-0.39, 0.29) is 0 Å². The van der Waals surface area contributed by atoms with Crippen LogP contribution < -0.4 is 15.4 Å². The van der Waals surface area contributed by atoms with Crippen molar-refractivity contribution in [3.8, 4) is 5.75 Å². The molecule has 0 radical (unpaired) electrons. The van der Waals surface area contributed by atoms with E-state index < -0.39 is 0 Å². The lowest BCUT2D eigenvalue weighted by Crippen LogP contribution is -2.45. The zero-order valence-corrected chi connectivity index (χ0v) is 19.2. The van der Waals surface area contributed by atoms with Crippen LogP contribution in [0.15, 0.2) is 53.5 Å². The fraction of sp³-hybridized carbons (Fsp3) is 0.480. The second-order valence-corrected chi connectivity index (χ2v) is 7.88. The Morgan fingerprint density at radius 1 is 0.935 bits per heavy atom. The van der Waals surface area contributed by atoms with Crippen molar-refractivity contribution >= 4 is 5.96 Å². The van der Waals surface area contributed by atoms with E-state index >= 15 is 0 Å². The molecule has 0 aromatic heterocycles. The maximum atomic E-state index is 5.32. The first kappa shape index (κ1) is 23.1. The summed E-state index contributed by atoms with van der Waals surface area (Å²) in [7, 11) is 1.69. The van der Waals surface area contributed by atoms with Gasteiger partial charge < -0.3 is 20.3 Å². The van der Waals surface area contributed by atoms with Gasteiger partial charge in [-0.1, -0.05) is 43.3 Å². The topological polar surface area (TPSA) is 52.1 Å². The van der Waals surface area contributed by atoms with Crippen molar-refractivity contribution in [3.05, 3.63) is 65.2 Å². The second-order valence-electron chi connectivity index (χ2n) is 7.88. The molecule has 1 fully saturated rings. The summed E-state index contributed by atoms with van der Waals surface area (Å²) in [5.74, 6) is 1.69. The second kappa shape index (κ2) is 12.3. The van der Waals surface area contributed by atoms with Crippen LogP contribution in [0.3, 0.4) is 0 Å². The molecule has 0 unspecified atom stereocenters. The molecule has 168 valence electrons. The number of benzene rings is 2. The largest absolute Gasteiger partial charge is 0.497 e. The lowest BCUT2D eigenvalue weighted by molar-refractivity contribution is 0.131. The van der Waals surface area contributed by atoms with Crippen LogP contribution >= 0.6 is 0 Å². The molecule has 31 heavy (non-hydrogen) atoms. The SMILES string of the molecule is CCNC(=NCc1cccc(OC)c1)NCc1ccccc1CN1CCN(CC)CC1. The molecule has 6 nitrogen and oxygen atoms in total. The number of nitrogens with one attached hydrogen (secondary N) is 2. The van der Waals surface area contributed by atoms with Gasteiger partial charge in [0, 0.05) is 45.8 Å². The Labute approximate surface area is 187 Å². The summed E-state index contributed by atoms with van der Waals surface area (Å²) < 4.78 is 5.32. The molecule has 0 bridgehead atoms. The highest BCUT2D eigenvalue weighted by atomic mass is 16.5. The van der Waals surface area contributed by atoms with Gasteiger partial charge in [0.25, 0.3) is 0 Å². The number of likely N-dealkylation sites (N-methyl/N-ethyl adjacent to an activating group) is 1. The highest BCUT2D eigenvalue weighted by Gasteiger charge is 2.16. The summed E-state index contributed by atoms with van der Waals surface area (Å²) in [6.45, 7) is 13.3. The van der Waals surface area contributed by atoms with Gasteiger partial charge in [0.1, 0.15) is 5.75 Å². The Balaban J connectivity index is 1.60. The van der Waals surface area contributed by atoms with Gasteiger partial charge in [-0.25, -0.2) is 4.99 Å². The van der Waals surface area contributed by atoms with Gasteiger partial charge in [-0.15, -0.1) is 0 Å². The minimum absolute atomic E-state index is 0.607. The molecular formula is C25H37N5O. The van der Waals surface area contributed by atoms with Gasteiger partial charge in [0.2, 0.25) is 0 Å². The first-order valence-corrected chi connectivity index (χ1v) is 11.4. The van der Waals surface area contributed by atoms with E-state index in [1.165, 1.54) is 24.2 Å². The number of ether oxygens (including phenoxy) is 1. The van der Waals surface area contributed by atoms with Crippen molar-refractivity contribution in [2.75, 3.05) is 46.4 Å². The van der Waals surface area contributed by atoms with E-state index in [1.54, 1.807) is 7.11 Å². The Morgan fingerprint density at radius 2 is 1.68 bits per heavy atom. The zero-order chi connectivity index (χ0) is 21.9. The Kier molecular flexibility index (Phi) is 9.18. The molecule has 1 heterocycles. The fourth-order valence-electron chi connectivity index (χ4n) is 3.85. The summed E-state index contributed by atoms with van der Waals surface area (Å²) in [6, 6.07) is 16.8. The van der Waals surface area contributed by atoms with Gasteiger partial charge in [-0.05, 0) is 42.3 Å². The van der Waals surface area contributed by atoms with Gasteiger partial charge in [-0.2, -0.15) is 0 Å². The highest BCUT2D eigenvalue weighted by molar-refractivity contribution is 5.79. The molecule has 0 atom stereocenters. The average Bonchev–Trinajstić information content (AvgIpc) is 2.82. The van der Waals surface area contributed by atoms with E-state index in [4.69, 9.17) is 9.73 Å². The van der Waals surface area contributed by atoms with E-state index in [1.807, 2.05) is 18.2 Å². The van der Waals surface area contributed by atoms with Gasteiger partial charge >= 0.3 is 0 Å². The standard InChI is InChI=1S/C25H37N5O/c1-4-26-25(27-18-21-9-8-12-24(17-21)31-3)28-19-22-10-6-7-11-23(22)20-30-15-13-29(5-2)14-16-30/h6-12,17H,4-5,13-16,18-20H2,1-3H3,(H2,26,27,28). The van der Waals surface area contributed by atoms with Crippen molar-refractivity contribution in [1.82, 2.24) is 20.4 Å². The molecule has 1 aliphatic rings. The third-order valence-electron chi connectivity index (χ3n) is 5.77. The average molecular weight is 424 g/mol. The quantitative estimate of drug-likeness (QED) is 0.480.